The number of esters is 1. The van der Waals surface area contributed by atoms with Gasteiger partial charge in [0.25, 0.3) is 0 Å². The minimum Gasteiger partial charge on any atom is -0.469 e. The Labute approximate surface area is 99.4 Å². The Hall–Kier alpha value is -1.91. The quantitative estimate of drug-likeness (QED) is 0.714. The van der Waals surface area contributed by atoms with Crippen LogP contribution in [0.15, 0.2) is 18.3 Å². The van der Waals surface area contributed by atoms with Gasteiger partial charge in [-0.25, -0.2) is 0 Å². The van der Waals surface area contributed by atoms with Crippen molar-refractivity contribution < 1.29 is 14.3 Å². The molecule has 0 spiro atoms. The zero-order valence-corrected chi connectivity index (χ0v) is 9.84. The van der Waals surface area contributed by atoms with Crippen molar-refractivity contribution in [3.63, 3.8) is 0 Å². The molecule has 1 atom stereocenters. The Balaban J connectivity index is 2.18. The first-order valence-electron chi connectivity index (χ1n) is 5.42. The molecule has 0 aromatic carbocycles. The highest BCUT2D eigenvalue weighted by Crippen LogP contribution is 2.25. The maximum atomic E-state index is 11.8. The minimum absolute atomic E-state index is 0.0500. The third-order valence-electron chi connectivity index (χ3n) is 2.85. The van der Waals surface area contributed by atoms with Gasteiger partial charge in [-0.2, -0.15) is 0 Å². The Kier molecular flexibility index (Phi) is 3.08. The van der Waals surface area contributed by atoms with Crippen molar-refractivity contribution in [3.8, 4) is 0 Å². The molecule has 1 aliphatic heterocycles. The molecule has 0 bridgehead atoms. The fraction of sp³-hybridized carbons (Fsp3) is 0.417. The summed E-state index contributed by atoms with van der Waals surface area (Å²) in [7, 11) is 1.34. The van der Waals surface area contributed by atoms with E-state index in [0.29, 0.717) is 6.54 Å². The van der Waals surface area contributed by atoms with Crippen LogP contribution in [0.25, 0.3) is 0 Å². The highest BCUT2D eigenvalue weighted by atomic mass is 16.5. The monoisotopic (exact) mass is 234 g/mol. The van der Waals surface area contributed by atoms with Gasteiger partial charge in [-0.15, -0.1) is 0 Å². The summed E-state index contributed by atoms with van der Waals surface area (Å²) in [5, 5.41) is 0. The van der Waals surface area contributed by atoms with Crippen LogP contribution in [0.4, 0.5) is 5.69 Å². The first-order valence-corrected chi connectivity index (χ1v) is 5.42. The molecule has 1 aromatic rings. The molecule has 90 valence electrons. The van der Waals surface area contributed by atoms with Crippen molar-refractivity contribution in [3.05, 3.63) is 24.0 Å². The van der Waals surface area contributed by atoms with Gasteiger partial charge in [-0.05, 0) is 19.1 Å². The van der Waals surface area contributed by atoms with Gasteiger partial charge < -0.3 is 9.64 Å². The van der Waals surface area contributed by atoms with Crippen molar-refractivity contribution in [1.82, 2.24) is 4.98 Å². The summed E-state index contributed by atoms with van der Waals surface area (Å²) in [4.78, 5) is 28.9. The van der Waals surface area contributed by atoms with Gasteiger partial charge in [0.1, 0.15) is 0 Å². The second-order valence-corrected chi connectivity index (χ2v) is 4.08. The molecular weight excluding hydrogens is 220 g/mol. The summed E-state index contributed by atoms with van der Waals surface area (Å²) in [6.07, 6.45) is 1.87. The lowest BCUT2D eigenvalue weighted by molar-refractivity contribution is -0.145. The smallest absolute Gasteiger partial charge is 0.311 e. The van der Waals surface area contributed by atoms with Gasteiger partial charge in [-0.3, -0.25) is 14.6 Å². The Morgan fingerprint density at radius 2 is 2.35 bits per heavy atom. The molecule has 1 unspecified atom stereocenters. The lowest BCUT2D eigenvalue weighted by atomic mass is 10.1. The molecule has 0 N–H and O–H groups in total. The van der Waals surface area contributed by atoms with E-state index in [0.717, 1.165) is 11.4 Å². The molecule has 0 radical (unpaired) electrons. The van der Waals surface area contributed by atoms with Crippen molar-refractivity contribution in [2.24, 2.45) is 5.92 Å². The van der Waals surface area contributed by atoms with Crippen LogP contribution in [-0.2, 0) is 14.3 Å². The van der Waals surface area contributed by atoms with Gasteiger partial charge >= 0.3 is 5.97 Å². The van der Waals surface area contributed by atoms with Crippen molar-refractivity contribution in [1.29, 1.82) is 0 Å². The summed E-state index contributed by atoms with van der Waals surface area (Å²) in [6, 6.07) is 3.60. The van der Waals surface area contributed by atoms with Crippen LogP contribution in [0.2, 0.25) is 0 Å². The number of carbonyl (C=O) groups is 2. The van der Waals surface area contributed by atoms with Crippen LogP contribution in [0.3, 0.4) is 0 Å². The van der Waals surface area contributed by atoms with E-state index < -0.39 is 0 Å². The molecule has 2 rings (SSSR count). The molecule has 5 heteroatoms. The van der Waals surface area contributed by atoms with Gasteiger partial charge in [0.15, 0.2) is 0 Å². The van der Waals surface area contributed by atoms with Crippen LogP contribution in [0.1, 0.15) is 12.1 Å². The number of aromatic nitrogens is 1. The fourth-order valence-corrected chi connectivity index (χ4v) is 1.98. The van der Waals surface area contributed by atoms with Crippen molar-refractivity contribution in [2.45, 2.75) is 13.3 Å². The van der Waals surface area contributed by atoms with Gasteiger partial charge in [0.2, 0.25) is 5.91 Å². The number of aryl methyl sites for hydroxylation is 1. The zero-order valence-electron chi connectivity index (χ0n) is 9.84. The SMILES string of the molecule is COC(=O)C1CC(=O)N(c2ccnc(C)c2)C1. The number of ether oxygens (including phenoxy) is 1. The van der Waals surface area contributed by atoms with Crippen molar-refractivity contribution in [2.75, 3.05) is 18.6 Å². The third kappa shape index (κ3) is 2.27. The van der Waals surface area contributed by atoms with E-state index in [1.165, 1.54) is 7.11 Å². The number of hydrogen-bond donors (Lipinski definition) is 0. The van der Waals surface area contributed by atoms with Crippen LogP contribution in [-0.4, -0.2) is 30.5 Å². The Morgan fingerprint density at radius 1 is 1.59 bits per heavy atom. The molecule has 0 saturated carbocycles. The summed E-state index contributed by atoms with van der Waals surface area (Å²) < 4.78 is 4.66. The van der Waals surface area contributed by atoms with E-state index >= 15 is 0 Å². The van der Waals surface area contributed by atoms with E-state index in [1.807, 2.05) is 13.0 Å². The highest BCUT2D eigenvalue weighted by Gasteiger charge is 2.35. The number of anilines is 1. The lowest BCUT2D eigenvalue weighted by Gasteiger charge is -2.16. The van der Waals surface area contributed by atoms with Gasteiger partial charge in [0, 0.05) is 30.5 Å². The lowest BCUT2D eigenvalue weighted by Crippen LogP contribution is -2.26. The molecule has 0 aliphatic carbocycles. The zero-order chi connectivity index (χ0) is 12.4. The van der Waals surface area contributed by atoms with Crippen molar-refractivity contribution >= 4 is 17.6 Å². The number of hydrogen-bond acceptors (Lipinski definition) is 4. The largest absolute Gasteiger partial charge is 0.469 e. The molecule has 1 fully saturated rings. The molecule has 1 amide bonds. The second-order valence-electron chi connectivity index (χ2n) is 4.08. The average Bonchev–Trinajstić information content (AvgIpc) is 2.70. The first-order chi connectivity index (χ1) is 8.11. The number of amides is 1. The number of pyridine rings is 1. The third-order valence-corrected chi connectivity index (χ3v) is 2.85. The van der Waals surface area contributed by atoms with Crippen LogP contribution >= 0.6 is 0 Å². The van der Waals surface area contributed by atoms with E-state index in [-0.39, 0.29) is 24.2 Å². The average molecular weight is 234 g/mol. The summed E-state index contributed by atoms with van der Waals surface area (Å²) in [6.45, 7) is 2.25. The molecule has 5 nitrogen and oxygen atoms in total. The van der Waals surface area contributed by atoms with E-state index in [9.17, 15) is 9.59 Å². The maximum Gasteiger partial charge on any atom is 0.311 e. The normalized spacial score (nSPS) is 19.5. The van der Waals surface area contributed by atoms with E-state index in [1.54, 1.807) is 17.2 Å². The first kappa shape index (κ1) is 11.6. The summed E-state index contributed by atoms with van der Waals surface area (Å²) in [5.74, 6) is -0.737. The highest BCUT2D eigenvalue weighted by molar-refractivity contribution is 5.99. The van der Waals surface area contributed by atoms with Gasteiger partial charge in [0.05, 0.1) is 13.0 Å². The molecule has 1 saturated heterocycles. The molecule has 1 aliphatic rings. The number of carbonyl (C=O) groups excluding carboxylic acids is 2. The van der Waals surface area contributed by atoms with Gasteiger partial charge in [-0.1, -0.05) is 0 Å². The van der Waals surface area contributed by atoms with E-state index in [2.05, 4.69) is 9.72 Å². The van der Waals surface area contributed by atoms with E-state index in [4.69, 9.17) is 0 Å². The fourth-order valence-electron chi connectivity index (χ4n) is 1.98. The van der Waals surface area contributed by atoms with Crippen LogP contribution in [0, 0.1) is 12.8 Å². The number of nitrogens with zero attached hydrogens (tertiary/aromatic N) is 2. The Morgan fingerprint density at radius 3 is 3.00 bits per heavy atom. The summed E-state index contributed by atoms with van der Waals surface area (Å²) >= 11 is 0. The maximum absolute atomic E-state index is 11.8. The Bertz CT molecular complexity index is 459. The second kappa shape index (κ2) is 4.53. The molecular formula is C12H14N2O3. The summed E-state index contributed by atoms with van der Waals surface area (Å²) in [5.41, 5.74) is 1.63. The standard InChI is InChI=1S/C12H14N2O3/c1-8-5-10(3-4-13-8)14-7-9(6-11(14)15)12(16)17-2/h3-5,9H,6-7H2,1-2H3. The van der Waals surface area contributed by atoms with Crippen LogP contribution < -0.4 is 4.90 Å². The predicted octanol–water partition coefficient (Wildman–Crippen LogP) is 0.916. The molecule has 1 aromatic heterocycles. The predicted molar refractivity (Wildman–Crippen MR) is 61.5 cm³/mol. The number of rotatable bonds is 2. The topological polar surface area (TPSA) is 59.5 Å². The van der Waals surface area contributed by atoms with Crippen LogP contribution in [0.5, 0.6) is 0 Å². The number of methoxy groups -OCH3 is 1. The molecule has 2 heterocycles. The minimum atomic E-state index is -0.360. The molecule has 17 heavy (non-hydrogen) atoms.